The quantitative estimate of drug-likeness (QED) is 0.846. The van der Waals surface area contributed by atoms with Gasteiger partial charge in [-0.2, -0.15) is 0 Å². The first-order valence-electron chi connectivity index (χ1n) is 5.80. The third-order valence-electron chi connectivity index (χ3n) is 3.37. The predicted molar refractivity (Wildman–Crippen MR) is 62.9 cm³/mol. The van der Waals surface area contributed by atoms with E-state index in [1.165, 1.54) is 18.9 Å². The molecule has 0 saturated heterocycles. The summed E-state index contributed by atoms with van der Waals surface area (Å²) in [4.78, 5) is 0. The lowest BCUT2D eigenvalue weighted by Gasteiger charge is -2.16. The Hall–Kier alpha value is -0.600. The largest absolute Gasteiger partial charge is 0.388 e. The maximum atomic E-state index is 13.6. The fourth-order valence-corrected chi connectivity index (χ4v) is 2.65. The highest BCUT2D eigenvalue weighted by atomic mass is 35.5. The summed E-state index contributed by atoms with van der Waals surface area (Å²) >= 11 is 5.69. The van der Waals surface area contributed by atoms with Crippen LogP contribution in [0.3, 0.4) is 0 Å². The second kappa shape index (κ2) is 5.15. The van der Waals surface area contributed by atoms with Crippen LogP contribution in [-0.4, -0.2) is 5.11 Å². The zero-order chi connectivity index (χ0) is 11.5. The van der Waals surface area contributed by atoms with Crippen LogP contribution in [0.1, 0.15) is 43.8 Å². The normalized spacial score (nSPS) is 18.9. The molecular weight excluding hydrogens is 227 g/mol. The van der Waals surface area contributed by atoms with Gasteiger partial charge >= 0.3 is 0 Å². The first kappa shape index (κ1) is 11.9. The van der Waals surface area contributed by atoms with E-state index in [4.69, 9.17) is 11.6 Å². The molecule has 1 aromatic rings. The molecule has 0 aromatic heterocycles. The molecule has 1 fully saturated rings. The molecule has 0 spiro atoms. The monoisotopic (exact) mass is 242 g/mol. The van der Waals surface area contributed by atoms with Gasteiger partial charge < -0.3 is 5.11 Å². The first-order chi connectivity index (χ1) is 7.68. The topological polar surface area (TPSA) is 20.2 Å². The molecule has 2 rings (SSSR count). The summed E-state index contributed by atoms with van der Waals surface area (Å²) in [5.74, 6) is 0.0584. The Morgan fingerprint density at radius 3 is 2.75 bits per heavy atom. The minimum Gasteiger partial charge on any atom is -0.388 e. The van der Waals surface area contributed by atoms with Gasteiger partial charge in [0, 0.05) is 5.56 Å². The van der Waals surface area contributed by atoms with Gasteiger partial charge in [0.25, 0.3) is 0 Å². The average Bonchev–Trinajstić information content (AvgIpc) is 2.74. The van der Waals surface area contributed by atoms with Crippen molar-refractivity contribution in [2.45, 2.75) is 38.2 Å². The van der Waals surface area contributed by atoms with E-state index in [1.54, 1.807) is 12.1 Å². The predicted octanol–water partition coefficient (Wildman–Crippen LogP) is 4.09. The molecule has 1 aliphatic rings. The summed E-state index contributed by atoms with van der Waals surface area (Å²) in [5.41, 5.74) is 0.333. The molecule has 0 radical (unpaired) electrons. The van der Waals surface area contributed by atoms with Crippen LogP contribution in [0.15, 0.2) is 18.2 Å². The highest BCUT2D eigenvalue weighted by Crippen LogP contribution is 2.34. The van der Waals surface area contributed by atoms with Crippen molar-refractivity contribution < 1.29 is 9.50 Å². The van der Waals surface area contributed by atoms with E-state index in [1.807, 2.05) is 0 Å². The Morgan fingerprint density at radius 2 is 2.06 bits per heavy atom. The number of halogens is 2. The number of aliphatic hydroxyl groups excluding tert-OH is 1. The van der Waals surface area contributed by atoms with Crippen LogP contribution < -0.4 is 0 Å². The van der Waals surface area contributed by atoms with Crippen molar-refractivity contribution in [2.24, 2.45) is 5.92 Å². The maximum absolute atomic E-state index is 13.6. The molecule has 16 heavy (non-hydrogen) atoms. The van der Waals surface area contributed by atoms with Crippen molar-refractivity contribution in [2.75, 3.05) is 0 Å². The van der Waals surface area contributed by atoms with Crippen molar-refractivity contribution in [3.8, 4) is 0 Å². The summed E-state index contributed by atoms with van der Waals surface area (Å²) in [6.07, 6.45) is 4.70. The van der Waals surface area contributed by atoms with Gasteiger partial charge in [-0.15, -0.1) is 0 Å². The van der Waals surface area contributed by atoms with E-state index >= 15 is 0 Å². The van der Waals surface area contributed by atoms with E-state index in [2.05, 4.69) is 0 Å². The molecule has 0 amide bonds. The van der Waals surface area contributed by atoms with Gasteiger partial charge in [-0.05, 0) is 18.4 Å². The van der Waals surface area contributed by atoms with Crippen LogP contribution in [0.5, 0.6) is 0 Å². The summed E-state index contributed by atoms with van der Waals surface area (Å²) < 4.78 is 13.6. The Kier molecular flexibility index (Phi) is 3.82. The lowest BCUT2D eigenvalue weighted by Crippen LogP contribution is -2.06. The standard InChI is InChI=1S/C13H16ClFO/c14-11-7-3-6-10(13(11)15)12(16)8-9-4-1-2-5-9/h3,6-7,9,12,16H,1-2,4-5,8H2. The van der Waals surface area contributed by atoms with Crippen molar-refractivity contribution >= 4 is 11.6 Å². The summed E-state index contributed by atoms with van der Waals surface area (Å²) in [5, 5.41) is 10.1. The van der Waals surface area contributed by atoms with Crippen LogP contribution in [0.2, 0.25) is 5.02 Å². The lowest BCUT2D eigenvalue weighted by atomic mass is 9.95. The van der Waals surface area contributed by atoms with Gasteiger partial charge in [0.15, 0.2) is 0 Å². The molecule has 1 aromatic carbocycles. The van der Waals surface area contributed by atoms with Crippen molar-refractivity contribution in [1.82, 2.24) is 0 Å². The Bertz CT molecular complexity index is 361. The third-order valence-corrected chi connectivity index (χ3v) is 3.66. The summed E-state index contributed by atoms with van der Waals surface area (Å²) in [6, 6.07) is 4.79. The number of hydrogen-bond acceptors (Lipinski definition) is 1. The van der Waals surface area contributed by atoms with Crippen molar-refractivity contribution in [3.63, 3.8) is 0 Å². The molecule has 1 saturated carbocycles. The van der Waals surface area contributed by atoms with Gasteiger partial charge in [0.2, 0.25) is 0 Å². The molecule has 1 nitrogen and oxygen atoms in total. The fourth-order valence-electron chi connectivity index (χ4n) is 2.47. The molecule has 1 atom stereocenters. The smallest absolute Gasteiger partial charge is 0.147 e. The van der Waals surface area contributed by atoms with Gasteiger partial charge in [-0.1, -0.05) is 49.4 Å². The minimum absolute atomic E-state index is 0.0861. The summed E-state index contributed by atoms with van der Waals surface area (Å²) in [6.45, 7) is 0. The third kappa shape index (κ3) is 2.55. The minimum atomic E-state index is -0.721. The van der Waals surface area contributed by atoms with Gasteiger partial charge in [0.1, 0.15) is 5.82 Å². The van der Waals surface area contributed by atoms with E-state index < -0.39 is 11.9 Å². The molecule has 0 bridgehead atoms. The molecule has 1 aliphatic carbocycles. The highest BCUT2D eigenvalue weighted by molar-refractivity contribution is 6.30. The average molecular weight is 243 g/mol. The van der Waals surface area contributed by atoms with Crippen LogP contribution in [-0.2, 0) is 0 Å². The van der Waals surface area contributed by atoms with Crippen molar-refractivity contribution in [3.05, 3.63) is 34.6 Å². The lowest BCUT2D eigenvalue weighted by molar-refractivity contribution is 0.141. The molecule has 3 heteroatoms. The molecule has 0 heterocycles. The van der Waals surface area contributed by atoms with Crippen LogP contribution in [0.4, 0.5) is 4.39 Å². The van der Waals surface area contributed by atoms with Crippen LogP contribution >= 0.6 is 11.6 Å². The summed E-state index contributed by atoms with van der Waals surface area (Å²) in [7, 11) is 0. The maximum Gasteiger partial charge on any atom is 0.147 e. The number of aliphatic hydroxyl groups is 1. The molecule has 1 N–H and O–H groups in total. The number of rotatable bonds is 3. The zero-order valence-electron chi connectivity index (χ0n) is 9.13. The van der Waals surface area contributed by atoms with Gasteiger partial charge in [0.05, 0.1) is 11.1 Å². The Morgan fingerprint density at radius 1 is 1.38 bits per heavy atom. The molecular formula is C13H16ClFO. The van der Waals surface area contributed by atoms with Gasteiger partial charge in [-0.3, -0.25) is 0 Å². The zero-order valence-corrected chi connectivity index (χ0v) is 9.88. The van der Waals surface area contributed by atoms with E-state index in [-0.39, 0.29) is 5.02 Å². The first-order valence-corrected chi connectivity index (χ1v) is 6.18. The number of benzene rings is 1. The van der Waals surface area contributed by atoms with E-state index in [9.17, 15) is 9.50 Å². The highest BCUT2D eigenvalue weighted by Gasteiger charge is 2.22. The second-order valence-electron chi connectivity index (χ2n) is 4.55. The Balaban J connectivity index is 2.07. The fraction of sp³-hybridized carbons (Fsp3) is 0.538. The number of hydrogen-bond donors (Lipinski definition) is 1. The molecule has 0 aliphatic heterocycles. The van der Waals surface area contributed by atoms with Gasteiger partial charge in [-0.25, -0.2) is 4.39 Å². The Labute approximate surface area is 100 Å². The van der Waals surface area contributed by atoms with E-state index in [0.717, 1.165) is 12.8 Å². The van der Waals surface area contributed by atoms with Crippen LogP contribution in [0.25, 0.3) is 0 Å². The second-order valence-corrected chi connectivity index (χ2v) is 4.95. The van der Waals surface area contributed by atoms with Crippen molar-refractivity contribution in [1.29, 1.82) is 0 Å². The molecule has 1 unspecified atom stereocenters. The van der Waals surface area contributed by atoms with Crippen LogP contribution in [0, 0.1) is 11.7 Å². The van der Waals surface area contributed by atoms with E-state index in [0.29, 0.717) is 17.9 Å². The SMILES string of the molecule is OC(CC1CCCC1)c1cccc(Cl)c1F. The molecule has 88 valence electrons.